The largest absolute Gasteiger partial charge is 0.494 e. The molecule has 0 aliphatic heterocycles. The van der Waals surface area contributed by atoms with Crippen LogP contribution in [-0.2, 0) is 9.59 Å². The van der Waals surface area contributed by atoms with Crippen molar-refractivity contribution in [1.29, 1.82) is 0 Å². The Labute approximate surface area is 131 Å². The maximum absolute atomic E-state index is 12.4. The van der Waals surface area contributed by atoms with E-state index in [0.29, 0.717) is 25.1 Å². The SMILES string of the molecule is CCOc1ccc(NC(=O)C2(C(=O)NC(C)CC)CC2)cc1. The molecule has 5 heteroatoms. The first-order valence-electron chi connectivity index (χ1n) is 7.87. The molecule has 1 fully saturated rings. The van der Waals surface area contributed by atoms with Crippen LogP contribution in [0.3, 0.4) is 0 Å². The third kappa shape index (κ3) is 3.59. The molecule has 2 rings (SSSR count). The lowest BCUT2D eigenvalue weighted by Crippen LogP contribution is -2.43. The molecular formula is C17H24N2O3. The van der Waals surface area contributed by atoms with Crippen LogP contribution in [0.1, 0.15) is 40.0 Å². The van der Waals surface area contributed by atoms with Crippen LogP contribution < -0.4 is 15.4 Å². The van der Waals surface area contributed by atoms with Crippen molar-refractivity contribution in [2.24, 2.45) is 5.41 Å². The summed E-state index contributed by atoms with van der Waals surface area (Å²) in [5, 5.41) is 5.74. The van der Waals surface area contributed by atoms with Crippen LogP contribution in [0.25, 0.3) is 0 Å². The lowest BCUT2D eigenvalue weighted by Gasteiger charge is -2.18. The molecule has 5 nitrogen and oxygen atoms in total. The van der Waals surface area contributed by atoms with Crippen LogP contribution in [0.5, 0.6) is 5.75 Å². The van der Waals surface area contributed by atoms with Gasteiger partial charge in [0, 0.05) is 11.7 Å². The molecule has 0 spiro atoms. The average Bonchev–Trinajstić information content (AvgIpc) is 3.31. The topological polar surface area (TPSA) is 67.4 Å². The number of rotatable bonds is 7. The molecule has 22 heavy (non-hydrogen) atoms. The highest BCUT2D eigenvalue weighted by atomic mass is 16.5. The summed E-state index contributed by atoms with van der Waals surface area (Å²) in [5.41, 5.74) is -0.210. The van der Waals surface area contributed by atoms with Gasteiger partial charge in [-0.2, -0.15) is 0 Å². The van der Waals surface area contributed by atoms with Crippen LogP contribution >= 0.6 is 0 Å². The number of ether oxygens (including phenoxy) is 1. The molecule has 2 amide bonds. The van der Waals surface area contributed by atoms with Crippen molar-refractivity contribution in [3.63, 3.8) is 0 Å². The molecule has 0 radical (unpaired) electrons. The average molecular weight is 304 g/mol. The van der Waals surface area contributed by atoms with E-state index in [9.17, 15) is 9.59 Å². The maximum atomic E-state index is 12.4. The number of amides is 2. The van der Waals surface area contributed by atoms with Crippen molar-refractivity contribution in [3.8, 4) is 5.75 Å². The second-order valence-corrected chi connectivity index (χ2v) is 5.78. The molecule has 1 unspecified atom stereocenters. The third-order valence-electron chi connectivity index (χ3n) is 4.03. The second-order valence-electron chi connectivity index (χ2n) is 5.78. The van der Waals surface area contributed by atoms with Crippen molar-refractivity contribution in [3.05, 3.63) is 24.3 Å². The number of benzene rings is 1. The standard InChI is InChI=1S/C17H24N2O3/c1-4-12(3)18-15(20)17(10-11-17)16(21)19-13-6-8-14(9-7-13)22-5-2/h6-9,12H,4-5,10-11H2,1-3H3,(H,18,20)(H,19,21). The highest BCUT2D eigenvalue weighted by Gasteiger charge is 2.56. The van der Waals surface area contributed by atoms with E-state index in [4.69, 9.17) is 4.74 Å². The zero-order valence-electron chi connectivity index (χ0n) is 13.4. The number of hydrogen-bond acceptors (Lipinski definition) is 3. The molecule has 1 atom stereocenters. The van der Waals surface area contributed by atoms with Crippen LogP contribution in [0.15, 0.2) is 24.3 Å². The second kappa shape index (κ2) is 6.81. The van der Waals surface area contributed by atoms with E-state index in [2.05, 4.69) is 10.6 Å². The Bertz CT molecular complexity index is 535. The lowest BCUT2D eigenvalue weighted by atomic mass is 10.0. The molecule has 1 saturated carbocycles. The van der Waals surface area contributed by atoms with Gasteiger partial charge in [-0.15, -0.1) is 0 Å². The summed E-state index contributed by atoms with van der Waals surface area (Å²) in [6.07, 6.45) is 2.07. The summed E-state index contributed by atoms with van der Waals surface area (Å²) in [7, 11) is 0. The van der Waals surface area contributed by atoms with E-state index in [-0.39, 0.29) is 17.9 Å². The molecule has 2 N–H and O–H groups in total. The minimum Gasteiger partial charge on any atom is -0.494 e. The monoisotopic (exact) mass is 304 g/mol. The summed E-state index contributed by atoms with van der Waals surface area (Å²) >= 11 is 0. The summed E-state index contributed by atoms with van der Waals surface area (Å²) in [5.74, 6) is 0.374. The first-order chi connectivity index (χ1) is 10.5. The van der Waals surface area contributed by atoms with Crippen LogP contribution in [0.4, 0.5) is 5.69 Å². The van der Waals surface area contributed by atoms with Crippen LogP contribution in [0.2, 0.25) is 0 Å². The highest BCUT2D eigenvalue weighted by Crippen LogP contribution is 2.47. The Balaban J connectivity index is 1.97. The molecule has 1 aliphatic rings. The Morgan fingerprint density at radius 1 is 1.18 bits per heavy atom. The normalized spacial score (nSPS) is 16.5. The predicted octanol–water partition coefficient (Wildman–Crippen LogP) is 2.72. The highest BCUT2D eigenvalue weighted by molar-refractivity contribution is 6.13. The van der Waals surface area contributed by atoms with Gasteiger partial charge in [0.1, 0.15) is 11.2 Å². The summed E-state index contributed by atoms with van der Waals surface area (Å²) in [6, 6.07) is 7.26. The fourth-order valence-corrected chi connectivity index (χ4v) is 2.20. The van der Waals surface area contributed by atoms with E-state index in [1.807, 2.05) is 20.8 Å². The Kier molecular flexibility index (Phi) is 5.06. The Hall–Kier alpha value is -2.04. The first-order valence-corrected chi connectivity index (χ1v) is 7.87. The van der Waals surface area contributed by atoms with Crippen molar-refractivity contribution in [2.75, 3.05) is 11.9 Å². The van der Waals surface area contributed by atoms with Crippen LogP contribution in [0, 0.1) is 5.41 Å². The van der Waals surface area contributed by atoms with Crippen molar-refractivity contribution < 1.29 is 14.3 Å². The fraction of sp³-hybridized carbons (Fsp3) is 0.529. The van der Waals surface area contributed by atoms with Crippen molar-refractivity contribution in [1.82, 2.24) is 5.32 Å². The van der Waals surface area contributed by atoms with E-state index >= 15 is 0 Å². The number of carbonyl (C=O) groups excluding carboxylic acids is 2. The van der Waals surface area contributed by atoms with Gasteiger partial charge in [-0.3, -0.25) is 9.59 Å². The number of nitrogens with one attached hydrogen (secondary N) is 2. The Morgan fingerprint density at radius 3 is 2.32 bits per heavy atom. The molecule has 1 aliphatic carbocycles. The molecule has 120 valence electrons. The summed E-state index contributed by atoms with van der Waals surface area (Å²) < 4.78 is 5.36. The zero-order valence-corrected chi connectivity index (χ0v) is 13.4. The van der Waals surface area contributed by atoms with E-state index < -0.39 is 5.41 Å². The molecule has 1 aromatic carbocycles. The van der Waals surface area contributed by atoms with Gasteiger partial charge in [0.15, 0.2) is 0 Å². The van der Waals surface area contributed by atoms with Gasteiger partial charge in [0.2, 0.25) is 11.8 Å². The van der Waals surface area contributed by atoms with Gasteiger partial charge in [-0.1, -0.05) is 6.92 Å². The third-order valence-corrected chi connectivity index (χ3v) is 4.03. The van der Waals surface area contributed by atoms with Gasteiger partial charge >= 0.3 is 0 Å². The Morgan fingerprint density at radius 2 is 1.82 bits per heavy atom. The molecular weight excluding hydrogens is 280 g/mol. The zero-order chi connectivity index (χ0) is 16.2. The predicted molar refractivity (Wildman–Crippen MR) is 85.8 cm³/mol. The quantitative estimate of drug-likeness (QED) is 0.761. The van der Waals surface area contributed by atoms with Gasteiger partial charge in [-0.05, 0) is 57.4 Å². The minimum absolute atomic E-state index is 0.0863. The summed E-state index contributed by atoms with van der Waals surface area (Å²) in [4.78, 5) is 24.7. The number of hydrogen-bond donors (Lipinski definition) is 2. The molecule has 0 heterocycles. The van der Waals surface area contributed by atoms with Gasteiger partial charge in [0.05, 0.1) is 6.61 Å². The van der Waals surface area contributed by atoms with E-state index in [1.165, 1.54) is 0 Å². The molecule has 0 bridgehead atoms. The fourth-order valence-electron chi connectivity index (χ4n) is 2.20. The number of carbonyl (C=O) groups is 2. The minimum atomic E-state index is -0.887. The van der Waals surface area contributed by atoms with Crippen molar-refractivity contribution in [2.45, 2.75) is 46.1 Å². The molecule has 0 saturated heterocycles. The van der Waals surface area contributed by atoms with Crippen molar-refractivity contribution >= 4 is 17.5 Å². The van der Waals surface area contributed by atoms with Gasteiger partial charge in [-0.25, -0.2) is 0 Å². The van der Waals surface area contributed by atoms with E-state index in [1.54, 1.807) is 24.3 Å². The van der Waals surface area contributed by atoms with Gasteiger partial charge in [0.25, 0.3) is 0 Å². The van der Waals surface area contributed by atoms with Gasteiger partial charge < -0.3 is 15.4 Å². The number of anilines is 1. The van der Waals surface area contributed by atoms with E-state index in [0.717, 1.165) is 12.2 Å². The molecule has 0 aromatic heterocycles. The lowest BCUT2D eigenvalue weighted by molar-refractivity contribution is -0.134. The molecule has 1 aromatic rings. The van der Waals surface area contributed by atoms with Crippen LogP contribution in [-0.4, -0.2) is 24.5 Å². The smallest absolute Gasteiger partial charge is 0.240 e. The first kappa shape index (κ1) is 16.3. The summed E-state index contributed by atoms with van der Waals surface area (Å²) in [6.45, 7) is 6.47. The maximum Gasteiger partial charge on any atom is 0.240 e.